The van der Waals surface area contributed by atoms with Crippen molar-refractivity contribution in [3.05, 3.63) is 64.4 Å². The second-order valence-corrected chi connectivity index (χ2v) is 6.20. The first kappa shape index (κ1) is 18.9. The molecule has 0 saturated heterocycles. The van der Waals surface area contributed by atoms with Gasteiger partial charge in [-0.05, 0) is 42.0 Å². The Bertz CT molecular complexity index is 734. The molecule has 0 fully saturated rings. The summed E-state index contributed by atoms with van der Waals surface area (Å²) in [7, 11) is 1.64. The Kier molecular flexibility index (Phi) is 7.40. The van der Waals surface area contributed by atoms with Crippen molar-refractivity contribution in [1.29, 1.82) is 0 Å². The van der Waals surface area contributed by atoms with Crippen LogP contribution in [-0.2, 0) is 11.3 Å². The standard InChI is InChI=1S/C18H20BrFN4O/c1-21-18(23-12-13-3-2-4-15(20)11-13)22-10-9-17(25)24-16-7-5-14(19)6-8-16/h2-8,11H,9-10,12H2,1H3,(H,24,25)(H2,21,22,23). The summed E-state index contributed by atoms with van der Waals surface area (Å²) in [4.78, 5) is 16.0. The zero-order valence-corrected chi connectivity index (χ0v) is 15.4. The fourth-order valence-corrected chi connectivity index (χ4v) is 2.37. The van der Waals surface area contributed by atoms with Crippen molar-refractivity contribution in [2.24, 2.45) is 4.99 Å². The molecule has 3 N–H and O–H groups in total. The van der Waals surface area contributed by atoms with Crippen LogP contribution in [0.15, 0.2) is 58.0 Å². The van der Waals surface area contributed by atoms with Crippen LogP contribution in [0.2, 0.25) is 0 Å². The molecule has 7 heteroatoms. The molecule has 0 spiro atoms. The van der Waals surface area contributed by atoms with Gasteiger partial charge in [0.1, 0.15) is 5.82 Å². The van der Waals surface area contributed by atoms with Gasteiger partial charge in [-0.1, -0.05) is 28.1 Å². The second kappa shape index (κ2) is 9.78. The van der Waals surface area contributed by atoms with E-state index in [4.69, 9.17) is 0 Å². The molecule has 2 aromatic rings. The third-order valence-corrected chi connectivity index (χ3v) is 3.87. The van der Waals surface area contributed by atoms with Gasteiger partial charge < -0.3 is 16.0 Å². The number of nitrogens with one attached hydrogen (secondary N) is 3. The molecule has 0 aliphatic carbocycles. The molecule has 2 rings (SSSR count). The number of rotatable bonds is 6. The summed E-state index contributed by atoms with van der Waals surface area (Å²) in [6.45, 7) is 0.883. The molecular formula is C18H20BrFN4O. The lowest BCUT2D eigenvalue weighted by Crippen LogP contribution is -2.38. The monoisotopic (exact) mass is 406 g/mol. The fourth-order valence-electron chi connectivity index (χ4n) is 2.10. The van der Waals surface area contributed by atoms with Gasteiger partial charge in [-0.3, -0.25) is 9.79 Å². The number of aliphatic imine (C=N–C) groups is 1. The predicted molar refractivity (Wildman–Crippen MR) is 102 cm³/mol. The van der Waals surface area contributed by atoms with Gasteiger partial charge in [0.2, 0.25) is 5.91 Å². The van der Waals surface area contributed by atoms with Crippen LogP contribution in [0.3, 0.4) is 0 Å². The van der Waals surface area contributed by atoms with Gasteiger partial charge in [0.05, 0.1) is 0 Å². The molecule has 25 heavy (non-hydrogen) atoms. The predicted octanol–water partition coefficient (Wildman–Crippen LogP) is 3.28. The topological polar surface area (TPSA) is 65.5 Å². The number of carbonyl (C=O) groups is 1. The SMILES string of the molecule is CN=C(NCCC(=O)Nc1ccc(Br)cc1)NCc1cccc(F)c1. The summed E-state index contributed by atoms with van der Waals surface area (Å²) in [6, 6.07) is 13.7. The summed E-state index contributed by atoms with van der Waals surface area (Å²) < 4.78 is 14.1. The highest BCUT2D eigenvalue weighted by molar-refractivity contribution is 9.10. The number of halogens is 2. The van der Waals surface area contributed by atoms with Crippen LogP contribution in [0.25, 0.3) is 0 Å². The number of nitrogens with zero attached hydrogens (tertiary/aromatic N) is 1. The maximum atomic E-state index is 13.1. The van der Waals surface area contributed by atoms with Crippen LogP contribution in [0.4, 0.5) is 10.1 Å². The Morgan fingerprint density at radius 1 is 1.16 bits per heavy atom. The van der Waals surface area contributed by atoms with Crippen LogP contribution < -0.4 is 16.0 Å². The van der Waals surface area contributed by atoms with Gasteiger partial charge in [-0.15, -0.1) is 0 Å². The van der Waals surface area contributed by atoms with Crippen molar-refractivity contribution < 1.29 is 9.18 Å². The van der Waals surface area contributed by atoms with Crippen molar-refractivity contribution in [3.63, 3.8) is 0 Å². The average Bonchev–Trinajstić information content (AvgIpc) is 2.60. The number of benzene rings is 2. The van der Waals surface area contributed by atoms with Gasteiger partial charge in [-0.2, -0.15) is 0 Å². The molecule has 132 valence electrons. The molecule has 0 unspecified atom stereocenters. The minimum atomic E-state index is -0.271. The second-order valence-electron chi connectivity index (χ2n) is 5.29. The molecule has 1 amide bonds. The van der Waals surface area contributed by atoms with Gasteiger partial charge in [-0.25, -0.2) is 4.39 Å². The average molecular weight is 407 g/mol. The number of carbonyl (C=O) groups excluding carboxylic acids is 1. The fraction of sp³-hybridized carbons (Fsp3) is 0.222. The van der Waals surface area contributed by atoms with E-state index in [1.807, 2.05) is 30.3 Å². The van der Waals surface area contributed by atoms with E-state index in [1.165, 1.54) is 12.1 Å². The van der Waals surface area contributed by atoms with E-state index >= 15 is 0 Å². The third kappa shape index (κ3) is 6.93. The van der Waals surface area contributed by atoms with Gasteiger partial charge in [0, 0.05) is 36.7 Å². The van der Waals surface area contributed by atoms with Crippen LogP contribution in [-0.4, -0.2) is 25.5 Å². The summed E-state index contributed by atoms with van der Waals surface area (Å²) in [6.07, 6.45) is 0.302. The summed E-state index contributed by atoms with van der Waals surface area (Å²) >= 11 is 3.35. The number of amides is 1. The van der Waals surface area contributed by atoms with E-state index < -0.39 is 0 Å². The lowest BCUT2D eigenvalue weighted by atomic mass is 10.2. The molecule has 0 aliphatic heterocycles. The van der Waals surface area contributed by atoms with Crippen LogP contribution in [0.5, 0.6) is 0 Å². The molecular weight excluding hydrogens is 387 g/mol. The summed E-state index contributed by atoms with van der Waals surface area (Å²) in [5.41, 5.74) is 1.57. The van der Waals surface area contributed by atoms with Gasteiger partial charge in [0.25, 0.3) is 0 Å². The molecule has 2 aromatic carbocycles. The van der Waals surface area contributed by atoms with E-state index in [9.17, 15) is 9.18 Å². The number of hydrogen-bond donors (Lipinski definition) is 3. The molecule has 0 aliphatic rings. The van der Waals surface area contributed by atoms with E-state index in [0.29, 0.717) is 25.5 Å². The van der Waals surface area contributed by atoms with Crippen molar-refractivity contribution >= 4 is 33.5 Å². The Morgan fingerprint density at radius 2 is 1.92 bits per heavy atom. The van der Waals surface area contributed by atoms with Crippen LogP contribution in [0.1, 0.15) is 12.0 Å². The minimum absolute atomic E-state index is 0.0876. The van der Waals surface area contributed by atoms with Gasteiger partial charge in [0.15, 0.2) is 5.96 Å². The van der Waals surface area contributed by atoms with Crippen molar-refractivity contribution in [1.82, 2.24) is 10.6 Å². The molecule has 5 nitrogen and oxygen atoms in total. The number of hydrogen-bond acceptors (Lipinski definition) is 2. The summed E-state index contributed by atoms with van der Waals surface area (Å²) in [5, 5.41) is 8.96. The van der Waals surface area contributed by atoms with Crippen LogP contribution >= 0.6 is 15.9 Å². The Labute approximate surface area is 154 Å². The van der Waals surface area contributed by atoms with Crippen molar-refractivity contribution in [2.45, 2.75) is 13.0 Å². The van der Waals surface area contributed by atoms with Crippen molar-refractivity contribution in [3.8, 4) is 0 Å². The maximum absolute atomic E-state index is 13.1. The van der Waals surface area contributed by atoms with Crippen LogP contribution in [0, 0.1) is 5.82 Å². The Morgan fingerprint density at radius 3 is 2.60 bits per heavy atom. The third-order valence-electron chi connectivity index (χ3n) is 3.35. The lowest BCUT2D eigenvalue weighted by Gasteiger charge is -2.12. The zero-order valence-electron chi connectivity index (χ0n) is 13.9. The highest BCUT2D eigenvalue weighted by Crippen LogP contribution is 2.14. The highest BCUT2D eigenvalue weighted by atomic mass is 79.9. The molecule has 0 heterocycles. The highest BCUT2D eigenvalue weighted by Gasteiger charge is 2.04. The lowest BCUT2D eigenvalue weighted by molar-refractivity contribution is -0.116. The smallest absolute Gasteiger partial charge is 0.226 e. The zero-order chi connectivity index (χ0) is 18.1. The first-order valence-electron chi connectivity index (χ1n) is 7.81. The first-order chi connectivity index (χ1) is 12.1. The van der Waals surface area contributed by atoms with Crippen molar-refractivity contribution in [2.75, 3.05) is 18.9 Å². The largest absolute Gasteiger partial charge is 0.356 e. The van der Waals surface area contributed by atoms with E-state index in [0.717, 1.165) is 15.7 Å². The quantitative estimate of drug-likeness (QED) is 0.509. The molecule has 0 radical (unpaired) electrons. The van der Waals surface area contributed by atoms with E-state index in [-0.39, 0.29) is 11.7 Å². The van der Waals surface area contributed by atoms with E-state index in [2.05, 4.69) is 36.9 Å². The number of guanidine groups is 1. The van der Waals surface area contributed by atoms with Gasteiger partial charge >= 0.3 is 0 Å². The first-order valence-corrected chi connectivity index (χ1v) is 8.60. The molecule has 0 aromatic heterocycles. The Balaban J connectivity index is 1.71. The summed E-state index contributed by atoms with van der Waals surface area (Å²) in [5.74, 6) is 0.197. The molecule has 0 atom stereocenters. The minimum Gasteiger partial charge on any atom is -0.356 e. The molecule has 0 saturated carbocycles. The maximum Gasteiger partial charge on any atom is 0.226 e. The Hall–Kier alpha value is -2.41. The van der Waals surface area contributed by atoms with E-state index in [1.54, 1.807) is 13.1 Å². The normalized spacial score (nSPS) is 11.1. The number of anilines is 1. The molecule has 0 bridgehead atoms.